The fourth-order valence-electron chi connectivity index (χ4n) is 1.98. The molecule has 0 aromatic heterocycles. The molecule has 1 heteroatoms. The van der Waals surface area contributed by atoms with Crippen LogP contribution < -0.4 is 0 Å². The van der Waals surface area contributed by atoms with Gasteiger partial charge >= 0.3 is 0 Å². The Labute approximate surface area is 108 Å². The van der Waals surface area contributed by atoms with Crippen molar-refractivity contribution in [1.29, 1.82) is 0 Å². The van der Waals surface area contributed by atoms with Gasteiger partial charge in [0.15, 0.2) is 0 Å². The molecule has 1 nitrogen and oxygen atoms in total. The summed E-state index contributed by atoms with van der Waals surface area (Å²) in [5, 5.41) is 9.23. The summed E-state index contributed by atoms with van der Waals surface area (Å²) in [6.45, 7) is 0.124. The standard InChI is InChI=1S/C17H18O/c18-14-17-13-7-6-12-16(17)11-5-4-10-15-8-2-1-3-9-15/h1-4,6-10,12-13,18H,5,11,14H2/b10-4+. The summed E-state index contributed by atoms with van der Waals surface area (Å²) in [7, 11) is 0. The summed E-state index contributed by atoms with van der Waals surface area (Å²) in [6.07, 6.45) is 6.29. The second kappa shape index (κ2) is 6.77. The molecule has 92 valence electrons. The number of aliphatic hydroxyl groups is 1. The number of aliphatic hydroxyl groups excluding tert-OH is 1. The van der Waals surface area contributed by atoms with Crippen LogP contribution in [0.3, 0.4) is 0 Å². The van der Waals surface area contributed by atoms with E-state index in [0.717, 1.165) is 18.4 Å². The summed E-state index contributed by atoms with van der Waals surface area (Å²) in [5.74, 6) is 0. The first-order chi connectivity index (χ1) is 8.90. The summed E-state index contributed by atoms with van der Waals surface area (Å²) in [4.78, 5) is 0. The Hall–Kier alpha value is -1.86. The number of hydrogen-bond donors (Lipinski definition) is 1. The van der Waals surface area contributed by atoms with Gasteiger partial charge in [-0.05, 0) is 29.5 Å². The van der Waals surface area contributed by atoms with Crippen LogP contribution in [0.2, 0.25) is 0 Å². The van der Waals surface area contributed by atoms with Crippen LogP contribution in [0.5, 0.6) is 0 Å². The lowest BCUT2D eigenvalue weighted by atomic mass is 10.0. The molecule has 0 aliphatic rings. The Balaban J connectivity index is 1.91. The van der Waals surface area contributed by atoms with Crippen LogP contribution >= 0.6 is 0 Å². The van der Waals surface area contributed by atoms with E-state index in [1.54, 1.807) is 0 Å². The molecule has 2 rings (SSSR count). The molecule has 0 unspecified atom stereocenters. The van der Waals surface area contributed by atoms with Crippen LogP contribution in [0.1, 0.15) is 23.1 Å². The molecule has 0 spiro atoms. The molecule has 0 saturated heterocycles. The molecule has 0 aliphatic heterocycles. The van der Waals surface area contributed by atoms with Crippen molar-refractivity contribution >= 4 is 6.08 Å². The fraction of sp³-hybridized carbons (Fsp3) is 0.176. The van der Waals surface area contributed by atoms with Gasteiger partial charge in [-0.2, -0.15) is 0 Å². The maximum Gasteiger partial charge on any atom is 0.0684 e. The normalized spacial score (nSPS) is 10.9. The largest absolute Gasteiger partial charge is 0.392 e. The fourth-order valence-corrected chi connectivity index (χ4v) is 1.98. The third kappa shape index (κ3) is 3.57. The smallest absolute Gasteiger partial charge is 0.0684 e. The summed E-state index contributed by atoms with van der Waals surface area (Å²) in [6, 6.07) is 18.4. The lowest BCUT2D eigenvalue weighted by Crippen LogP contribution is -1.92. The third-order valence-corrected chi connectivity index (χ3v) is 2.98. The zero-order chi connectivity index (χ0) is 12.6. The van der Waals surface area contributed by atoms with Crippen LogP contribution in [0.4, 0.5) is 0 Å². The molecule has 0 amide bonds. The van der Waals surface area contributed by atoms with E-state index in [0.29, 0.717) is 0 Å². The maximum atomic E-state index is 9.23. The minimum absolute atomic E-state index is 0.124. The van der Waals surface area contributed by atoms with Crippen molar-refractivity contribution in [1.82, 2.24) is 0 Å². The van der Waals surface area contributed by atoms with Crippen LogP contribution in [0, 0.1) is 0 Å². The van der Waals surface area contributed by atoms with Gasteiger partial charge in [-0.15, -0.1) is 0 Å². The first kappa shape index (κ1) is 12.6. The van der Waals surface area contributed by atoms with Crippen molar-refractivity contribution in [3.05, 3.63) is 77.4 Å². The highest BCUT2D eigenvalue weighted by Gasteiger charge is 1.98. The number of benzene rings is 2. The quantitative estimate of drug-likeness (QED) is 0.839. The monoisotopic (exact) mass is 238 g/mol. The maximum absolute atomic E-state index is 9.23. The summed E-state index contributed by atoms with van der Waals surface area (Å²) < 4.78 is 0. The van der Waals surface area contributed by atoms with Gasteiger partial charge in [-0.1, -0.05) is 66.7 Å². The molecular weight excluding hydrogens is 220 g/mol. The van der Waals surface area contributed by atoms with Gasteiger partial charge in [0.2, 0.25) is 0 Å². The third-order valence-electron chi connectivity index (χ3n) is 2.98. The van der Waals surface area contributed by atoms with Crippen molar-refractivity contribution in [2.45, 2.75) is 19.4 Å². The highest BCUT2D eigenvalue weighted by molar-refractivity contribution is 5.48. The SMILES string of the molecule is OCc1ccccc1CC/C=C/c1ccccc1. The average molecular weight is 238 g/mol. The molecule has 0 radical (unpaired) electrons. The first-order valence-electron chi connectivity index (χ1n) is 6.29. The van der Waals surface area contributed by atoms with Crippen LogP contribution in [-0.2, 0) is 13.0 Å². The highest BCUT2D eigenvalue weighted by Crippen LogP contribution is 2.12. The highest BCUT2D eigenvalue weighted by atomic mass is 16.3. The van der Waals surface area contributed by atoms with Crippen molar-refractivity contribution in [2.24, 2.45) is 0 Å². The molecule has 0 bridgehead atoms. The van der Waals surface area contributed by atoms with E-state index >= 15 is 0 Å². The molecule has 0 saturated carbocycles. The summed E-state index contributed by atoms with van der Waals surface area (Å²) >= 11 is 0. The van der Waals surface area contributed by atoms with Crippen LogP contribution in [-0.4, -0.2) is 5.11 Å². The van der Waals surface area contributed by atoms with Crippen LogP contribution in [0.15, 0.2) is 60.7 Å². The zero-order valence-electron chi connectivity index (χ0n) is 10.4. The van der Waals surface area contributed by atoms with E-state index in [9.17, 15) is 5.11 Å². The number of rotatable bonds is 5. The topological polar surface area (TPSA) is 20.2 Å². The van der Waals surface area contributed by atoms with E-state index in [2.05, 4.69) is 30.4 Å². The predicted molar refractivity (Wildman–Crippen MR) is 76.2 cm³/mol. The van der Waals surface area contributed by atoms with Crippen molar-refractivity contribution in [2.75, 3.05) is 0 Å². The average Bonchev–Trinajstić information content (AvgIpc) is 2.45. The molecule has 0 aliphatic carbocycles. The van der Waals surface area contributed by atoms with Gasteiger partial charge < -0.3 is 5.11 Å². The van der Waals surface area contributed by atoms with E-state index in [4.69, 9.17) is 0 Å². The van der Waals surface area contributed by atoms with Crippen molar-refractivity contribution in [3.63, 3.8) is 0 Å². The molecule has 18 heavy (non-hydrogen) atoms. The lowest BCUT2D eigenvalue weighted by molar-refractivity contribution is 0.280. The van der Waals surface area contributed by atoms with Crippen molar-refractivity contribution in [3.8, 4) is 0 Å². The van der Waals surface area contributed by atoms with Gasteiger partial charge in [-0.25, -0.2) is 0 Å². The van der Waals surface area contributed by atoms with Crippen LogP contribution in [0.25, 0.3) is 6.08 Å². The molecule has 0 heterocycles. The Morgan fingerprint density at radius 1 is 0.833 bits per heavy atom. The Morgan fingerprint density at radius 2 is 1.50 bits per heavy atom. The second-order valence-electron chi connectivity index (χ2n) is 4.28. The first-order valence-corrected chi connectivity index (χ1v) is 6.29. The van der Waals surface area contributed by atoms with E-state index < -0.39 is 0 Å². The Bertz CT molecular complexity index is 500. The van der Waals surface area contributed by atoms with Gasteiger partial charge in [0.05, 0.1) is 6.61 Å². The minimum atomic E-state index is 0.124. The second-order valence-corrected chi connectivity index (χ2v) is 4.28. The molecule has 0 fully saturated rings. The van der Waals surface area contributed by atoms with Crippen molar-refractivity contribution < 1.29 is 5.11 Å². The molecule has 2 aromatic carbocycles. The van der Waals surface area contributed by atoms with Gasteiger partial charge in [0.25, 0.3) is 0 Å². The van der Waals surface area contributed by atoms with E-state index in [1.165, 1.54) is 11.1 Å². The molecule has 1 N–H and O–H groups in total. The summed E-state index contributed by atoms with van der Waals surface area (Å²) in [5.41, 5.74) is 3.50. The van der Waals surface area contributed by atoms with E-state index in [1.807, 2.05) is 36.4 Å². The van der Waals surface area contributed by atoms with Gasteiger partial charge in [0, 0.05) is 0 Å². The van der Waals surface area contributed by atoms with E-state index in [-0.39, 0.29) is 6.61 Å². The van der Waals surface area contributed by atoms with Gasteiger partial charge in [0.1, 0.15) is 0 Å². The zero-order valence-corrected chi connectivity index (χ0v) is 10.4. The van der Waals surface area contributed by atoms with Gasteiger partial charge in [-0.3, -0.25) is 0 Å². The molecular formula is C17H18O. The minimum Gasteiger partial charge on any atom is -0.392 e. The Morgan fingerprint density at radius 3 is 2.22 bits per heavy atom. The Kier molecular flexibility index (Phi) is 4.74. The molecule has 0 atom stereocenters. The molecule has 2 aromatic rings. The lowest BCUT2D eigenvalue weighted by Gasteiger charge is -2.04. The number of aryl methyl sites for hydroxylation is 1. The number of allylic oxidation sites excluding steroid dienone is 1. The number of hydrogen-bond acceptors (Lipinski definition) is 1. The predicted octanol–water partition coefficient (Wildman–Crippen LogP) is 3.82.